The fourth-order valence-corrected chi connectivity index (χ4v) is 4.53. The molecule has 36 heavy (non-hydrogen) atoms. The summed E-state index contributed by atoms with van der Waals surface area (Å²) in [5.74, 6) is -1.91. The van der Waals surface area contributed by atoms with Gasteiger partial charge in [0.05, 0.1) is 17.7 Å². The van der Waals surface area contributed by atoms with Crippen molar-refractivity contribution in [2.24, 2.45) is 0 Å². The number of carbonyl (C=O) groups is 3. The molecule has 2 aromatic carbocycles. The van der Waals surface area contributed by atoms with E-state index in [4.69, 9.17) is 0 Å². The van der Waals surface area contributed by atoms with Crippen molar-refractivity contribution in [3.05, 3.63) is 102 Å². The molecule has 5 aromatic rings. The first kappa shape index (κ1) is 21.5. The van der Waals surface area contributed by atoms with Gasteiger partial charge in [-0.15, -0.1) is 0 Å². The van der Waals surface area contributed by atoms with E-state index >= 15 is 0 Å². The van der Waals surface area contributed by atoms with E-state index in [9.17, 15) is 18.8 Å². The number of benzene rings is 2. The van der Waals surface area contributed by atoms with Crippen molar-refractivity contribution in [1.29, 1.82) is 0 Å². The van der Waals surface area contributed by atoms with Crippen LogP contribution in [0.4, 0.5) is 10.2 Å². The van der Waals surface area contributed by atoms with Gasteiger partial charge in [-0.2, -0.15) is 0 Å². The Morgan fingerprint density at radius 1 is 0.806 bits per heavy atom. The summed E-state index contributed by atoms with van der Waals surface area (Å²) in [4.78, 5) is 51.8. The molecule has 0 unspecified atom stereocenters. The first-order valence-corrected chi connectivity index (χ1v) is 11.2. The zero-order chi connectivity index (χ0) is 24.8. The summed E-state index contributed by atoms with van der Waals surface area (Å²) < 4.78 is 13.6. The molecule has 3 aromatic heterocycles. The summed E-state index contributed by atoms with van der Waals surface area (Å²) in [7, 11) is 0. The Morgan fingerprint density at radius 2 is 1.53 bits per heavy atom. The lowest BCUT2D eigenvalue weighted by molar-refractivity contribution is -0.117. The molecule has 0 saturated heterocycles. The van der Waals surface area contributed by atoms with Crippen LogP contribution in [-0.4, -0.2) is 32.5 Å². The maximum atomic E-state index is 13.6. The van der Waals surface area contributed by atoms with Gasteiger partial charge in [-0.25, -0.2) is 14.3 Å². The third kappa shape index (κ3) is 3.47. The van der Waals surface area contributed by atoms with Crippen molar-refractivity contribution in [2.75, 3.05) is 4.90 Å². The molecule has 2 amide bonds. The number of imide groups is 1. The minimum absolute atomic E-state index is 0.107. The number of nitrogens with one attached hydrogen (secondary N) is 1. The lowest BCUT2D eigenvalue weighted by Crippen LogP contribution is -2.36. The molecule has 0 spiro atoms. The van der Waals surface area contributed by atoms with Crippen LogP contribution in [0.15, 0.2) is 85.2 Å². The van der Waals surface area contributed by atoms with Gasteiger partial charge in [-0.1, -0.05) is 18.2 Å². The Labute approximate surface area is 204 Å². The highest BCUT2D eigenvalue weighted by Crippen LogP contribution is 2.38. The Bertz CT molecular complexity index is 1680. The second-order valence-electron chi connectivity index (χ2n) is 8.36. The van der Waals surface area contributed by atoms with Gasteiger partial charge in [0.25, 0.3) is 5.91 Å². The molecular formula is C28H17FN4O3. The van der Waals surface area contributed by atoms with Crippen molar-refractivity contribution in [3.8, 4) is 22.4 Å². The Morgan fingerprint density at radius 3 is 2.28 bits per heavy atom. The molecule has 0 atom stereocenters. The Kier molecular flexibility index (Phi) is 5.00. The van der Waals surface area contributed by atoms with Crippen LogP contribution in [0.5, 0.6) is 0 Å². The molecule has 174 valence electrons. The zero-order valence-electron chi connectivity index (χ0n) is 18.7. The SMILES string of the molecule is O=C1CC(=O)N(c2ccc3c(-c4ccncc4)c(-c4ccc(F)cc4)[nH]c3n2)C(=O)c2ccccc21. The number of rotatable bonds is 3. The third-order valence-electron chi connectivity index (χ3n) is 6.20. The number of aromatic nitrogens is 3. The summed E-state index contributed by atoms with van der Waals surface area (Å²) >= 11 is 0. The number of Topliss-reactive ketones (excluding diaryl/α,β-unsaturated/α-hetero) is 1. The maximum absolute atomic E-state index is 13.6. The highest BCUT2D eigenvalue weighted by atomic mass is 19.1. The molecule has 7 nitrogen and oxygen atoms in total. The first-order valence-electron chi connectivity index (χ1n) is 11.2. The van der Waals surface area contributed by atoms with Gasteiger partial charge in [-0.05, 0) is 65.7 Å². The van der Waals surface area contributed by atoms with Gasteiger partial charge in [0, 0.05) is 28.9 Å². The van der Waals surface area contributed by atoms with Crippen LogP contribution in [0.3, 0.4) is 0 Å². The van der Waals surface area contributed by atoms with Gasteiger partial charge < -0.3 is 4.98 Å². The second-order valence-corrected chi connectivity index (χ2v) is 8.36. The summed E-state index contributed by atoms with van der Waals surface area (Å²) in [6.45, 7) is 0. The standard InChI is InChI=1S/C28H17FN4O3/c29-18-7-5-17(6-8-18)26-25(16-11-13-30-14-12-16)21-9-10-23(31-27(21)32-26)33-24(35)15-22(34)19-3-1-2-4-20(19)28(33)36/h1-14H,15H2,(H,31,32). The van der Waals surface area contributed by atoms with Crippen LogP contribution >= 0.6 is 0 Å². The van der Waals surface area contributed by atoms with E-state index in [-0.39, 0.29) is 22.8 Å². The van der Waals surface area contributed by atoms with Gasteiger partial charge in [-0.3, -0.25) is 19.4 Å². The van der Waals surface area contributed by atoms with E-state index in [2.05, 4.69) is 15.0 Å². The zero-order valence-corrected chi connectivity index (χ0v) is 18.7. The number of carbonyl (C=O) groups excluding carboxylic acids is 3. The molecule has 1 aliphatic rings. The van der Waals surface area contributed by atoms with E-state index in [0.717, 1.165) is 27.0 Å². The normalized spacial score (nSPS) is 13.7. The highest BCUT2D eigenvalue weighted by molar-refractivity contribution is 6.30. The van der Waals surface area contributed by atoms with Crippen LogP contribution in [0, 0.1) is 5.82 Å². The van der Waals surface area contributed by atoms with Crippen LogP contribution in [0.2, 0.25) is 0 Å². The molecular weight excluding hydrogens is 459 g/mol. The number of aromatic amines is 1. The Hall–Kier alpha value is -4.98. The summed E-state index contributed by atoms with van der Waals surface area (Å²) in [5.41, 5.74) is 3.95. The first-order chi connectivity index (χ1) is 17.5. The number of ketones is 1. The molecule has 6 rings (SSSR count). The minimum atomic E-state index is -0.646. The van der Waals surface area contributed by atoms with Crippen LogP contribution < -0.4 is 4.90 Å². The van der Waals surface area contributed by atoms with Crippen LogP contribution in [-0.2, 0) is 4.79 Å². The van der Waals surface area contributed by atoms with Crippen LogP contribution in [0.1, 0.15) is 27.1 Å². The molecule has 0 saturated carbocycles. The number of hydrogen-bond acceptors (Lipinski definition) is 5. The number of nitrogens with zero attached hydrogens (tertiary/aromatic N) is 3. The van der Waals surface area contributed by atoms with E-state index in [1.165, 1.54) is 18.2 Å². The predicted octanol–water partition coefficient (Wildman–Crippen LogP) is 5.19. The van der Waals surface area contributed by atoms with E-state index in [0.29, 0.717) is 11.3 Å². The predicted molar refractivity (Wildman–Crippen MR) is 132 cm³/mol. The van der Waals surface area contributed by atoms with Crippen molar-refractivity contribution >= 4 is 34.4 Å². The average molecular weight is 476 g/mol. The largest absolute Gasteiger partial charge is 0.339 e. The van der Waals surface area contributed by atoms with Gasteiger partial charge in [0.1, 0.15) is 17.3 Å². The molecule has 1 N–H and O–H groups in total. The highest BCUT2D eigenvalue weighted by Gasteiger charge is 2.34. The monoisotopic (exact) mass is 476 g/mol. The van der Waals surface area contributed by atoms with Crippen LogP contribution in [0.25, 0.3) is 33.4 Å². The average Bonchev–Trinajstić information content (AvgIpc) is 3.24. The summed E-state index contributed by atoms with van der Waals surface area (Å²) in [6, 6.07) is 19.5. The number of anilines is 1. The Balaban J connectivity index is 1.53. The van der Waals surface area contributed by atoms with E-state index < -0.39 is 24.0 Å². The molecule has 1 aliphatic heterocycles. The van der Waals surface area contributed by atoms with Gasteiger partial charge in [0.2, 0.25) is 5.91 Å². The van der Waals surface area contributed by atoms with Crippen molar-refractivity contribution in [3.63, 3.8) is 0 Å². The number of pyridine rings is 2. The molecule has 0 bridgehead atoms. The van der Waals surface area contributed by atoms with E-state index in [1.54, 1.807) is 54.9 Å². The lowest BCUT2D eigenvalue weighted by atomic mass is 10.00. The fourth-order valence-electron chi connectivity index (χ4n) is 4.53. The molecule has 0 aliphatic carbocycles. The number of H-pyrrole nitrogens is 1. The van der Waals surface area contributed by atoms with Gasteiger partial charge in [0.15, 0.2) is 5.78 Å². The summed E-state index contributed by atoms with van der Waals surface area (Å²) in [6.07, 6.45) is 2.91. The molecule has 4 heterocycles. The summed E-state index contributed by atoms with van der Waals surface area (Å²) in [5, 5.41) is 0.746. The molecule has 8 heteroatoms. The van der Waals surface area contributed by atoms with Crippen molar-refractivity contribution in [2.45, 2.75) is 6.42 Å². The second kappa shape index (κ2) is 8.35. The minimum Gasteiger partial charge on any atom is -0.339 e. The van der Waals surface area contributed by atoms with Gasteiger partial charge >= 0.3 is 0 Å². The number of amides is 2. The van der Waals surface area contributed by atoms with Crippen molar-refractivity contribution in [1.82, 2.24) is 15.0 Å². The fraction of sp³-hybridized carbons (Fsp3) is 0.0357. The topological polar surface area (TPSA) is 96.0 Å². The smallest absolute Gasteiger partial charge is 0.267 e. The third-order valence-corrected chi connectivity index (χ3v) is 6.20. The quantitative estimate of drug-likeness (QED) is 0.286. The van der Waals surface area contributed by atoms with E-state index in [1.807, 2.05) is 12.1 Å². The number of halogens is 1. The lowest BCUT2D eigenvalue weighted by Gasteiger charge is -2.17. The maximum Gasteiger partial charge on any atom is 0.267 e. The number of fused-ring (bicyclic) bond motifs is 2. The molecule has 0 radical (unpaired) electrons. The number of hydrogen-bond donors (Lipinski definition) is 1. The van der Waals surface area contributed by atoms with Crippen molar-refractivity contribution < 1.29 is 18.8 Å². The molecule has 0 fully saturated rings.